The molecular weight excluding hydrogens is 256 g/mol. The lowest BCUT2D eigenvalue weighted by molar-refractivity contribution is 0.414. The highest BCUT2D eigenvalue weighted by atomic mass is 35.9. The summed E-state index contributed by atoms with van der Waals surface area (Å²) in [7, 11) is 3.22. The van der Waals surface area contributed by atoms with E-state index in [-0.39, 0.29) is 0 Å². The Bertz CT molecular complexity index is 363. The van der Waals surface area contributed by atoms with Crippen molar-refractivity contribution >= 4 is 28.5 Å². The minimum Gasteiger partial charge on any atom is -0.497 e. The number of benzene rings is 1. The Morgan fingerprint density at radius 3 is 2.27 bits per heavy atom. The normalized spacial score (nSPS) is 11.8. The van der Waals surface area contributed by atoms with Gasteiger partial charge in [-0.15, -0.1) is 0 Å². The first-order valence-electron chi connectivity index (χ1n) is 4.27. The summed E-state index contributed by atoms with van der Waals surface area (Å²) in [5, 5.41) is 0. The number of halogens is 2. The monoisotopic (exact) mass is 267 g/mol. The second-order valence-corrected chi connectivity index (χ2v) is 7.92. The lowest BCUT2D eigenvalue weighted by Gasteiger charge is -2.17. The molecule has 0 fully saturated rings. The Kier molecular flexibility index (Phi) is 4.47. The van der Waals surface area contributed by atoms with Crippen LogP contribution in [0.5, 0.6) is 5.75 Å². The molecule has 0 aliphatic heterocycles. The molecule has 0 radical (unpaired) electrons. The Balaban J connectivity index is 2.69. The van der Waals surface area contributed by atoms with Gasteiger partial charge in [-0.05, 0) is 47.2 Å². The molecular formula is C9H12Cl2NO2P. The highest BCUT2D eigenvalue weighted by molar-refractivity contribution is 8.06. The summed E-state index contributed by atoms with van der Waals surface area (Å²) in [6.07, 6.45) is 0. The van der Waals surface area contributed by atoms with E-state index in [2.05, 4.69) is 0 Å². The SMILES string of the molecule is COc1ccc(CN(C)P(=O)(Cl)Cl)cc1. The van der Waals surface area contributed by atoms with Gasteiger partial charge in [0.15, 0.2) is 0 Å². The topological polar surface area (TPSA) is 29.5 Å². The summed E-state index contributed by atoms with van der Waals surface area (Å²) in [5.74, 6) is -2.42. The molecule has 0 aromatic heterocycles. The average Bonchev–Trinajstić information content (AvgIpc) is 2.17. The summed E-state index contributed by atoms with van der Waals surface area (Å²) < 4.78 is 17.7. The maximum absolute atomic E-state index is 11.3. The lowest BCUT2D eigenvalue weighted by Crippen LogP contribution is -2.09. The minimum atomic E-state index is -3.19. The maximum atomic E-state index is 11.3. The fourth-order valence-electron chi connectivity index (χ4n) is 1.08. The molecule has 6 heteroatoms. The predicted octanol–water partition coefficient (Wildman–Crippen LogP) is 3.71. The molecule has 0 amide bonds. The molecule has 3 nitrogen and oxygen atoms in total. The molecule has 1 aromatic rings. The van der Waals surface area contributed by atoms with Gasteiger partial charge in [-0.1, -0.05) is 12.1 Å². The van der Waals surface area contributed by atoms with E-state index in [1.807, 2.05) is 24.3 Å². The van der Waals surface area contributed by atoms with E-state index < -0.39 is 6.00 Å². The first-order chi connectivity index (χ1) is 6.93. The molecule has 0 aliphatic carbocycles. The Morgan fingerprint density at radius 2 is 1.87 bits per heavy atom. The van der Waals surface area contributed by atoms with Crippen LogP contribution in [0.1, 0.15) is 5.56 Å². The van der Waals surface area contributed by atoms with Crippen molar-refractivity contribution in [2.45, 2.75) is 6.54 Å². The molecule has 0 atom stereocenters. The van der Waals surface area contributed by atoms with Crippen molar-refractivity contribution in [3.63, 3.8) is 0 Å². The van der Waals surface area contributed by atoms with Gasteiger partial charge >= 0.3 is 6.00 Å². The van der Waals surface area contributed by atoms with Gasteiger partial charge in [0.25, 0.3) is 0 Å². The van der Waals surface area contributed by atoms with E-state index >= 15 is 0 Å². The molecule has 0 N–H and O–H groups in total. The molecule has 84 valence electrons. The van der Waals surface area contributed by atoms with Crippen LogP contribution in [-0.4, -0.2) is 18.8 Å². The van der Waals surface area contributed by atoms with Gasteiger partial charge in [0.2, 0.25) is 0 Å². The van der Waals surface area contributed by atoms with E-state index in [4.69, 9.17) is 27.2 Å². The van der Waals surface area contributed by atoms with Crippen LogP contribution in [0.4, 0.5) is 0 Å². The molecule has 0 unspecified atom stereocenters. The molecule has 0 aliphatic rings. The van der Waals surface area contributed by atoms with Crippen LogP contribution in [-0.2, 0) is 11.1 Å². The number of methoxy groups -OCH3 is 1. The molecule has 1 aromatic carbocycles. The Hall–Kier alpha value is -0.210. The van der Waals surface area contributed by atoms with Crippen LogP contribution in [0.3, 0.4) is 0 Å². The van der Waals surface area contributed by atoms with Gasteiger partial charge < -0.3 is 4.74 Å². The second kappa shape index (κ2) is 5.22. The fraction of sp³-hybridized carbons (Fsp3) is 0.333. The van der Waals surface area contributed by atoms with Gasteiger partial charge in [-0.3, -0.25) is 4.57 Å². The van der Waals surface area contributed by atoms with Gasteiger partial charge in [0.05, 0.1) is 7.11 Å². The van der Waals surface area contributed by atoms with Gasteiger partial charge in [-0.2, -0.15) is 0 Å². The first kappa shape index (κ1) is 12.9. The van der Waals surface area contributed by atoms with E-state index in [1.165, 1.54) is 4.67 Å². The largest absolute Gasteiger partial charge is 0.497 e. The lowest BCUT2D eigenvalue weighted by atomic mass is 10.2. The molecule has 0 heterocycles. The van der Waals surface area contributed by atoms with Crippen molar-refractivity contribution in [3.8, 4) is 5.75 Å². The quantitative estimate of drug-likeness (QED) is 0.779. The molecule has 0 bridgehead atoms. The predicted molar refractivity (Wildman–Crippen MR) is 63.8 cm³/mol. The third-order valence-corrected chi connectivity index (χ3v) is 4.45. The van der Waals surface area contributed by atoms with E-state index in [9.17, 15) is 4.57 Å². The van der Waals surface area contributed by atoms with Crippen LogP contribution in [0.25, 0.3) is 0 Å². The summed E-state index contributed by atoms with van der Waals surface area (Å²) in [6, 6.07) is 7.41. The van der Waals surface area contributed by atoms with Crippen LogP contribution in [0.2, 0.25) is 0 Å². The number of hydrogen-bond acceptors (Lipinski definition) is 2. The zero-order valence-electron chi connectivity index (χ0n) is 8.48. The number of rotatable bonds is 4. The molecule has 15 heavy (non-hydrogen) atoms. The van der Waals surface area contributed by atoms with Gasteiger partial charge in [0, 0.05) is 6.54 Å². The van der Waals surface area contributed by atoms with Crippen molar-refractivity contribution in [2.24, 2.45) is 0 Å². The van der Waals surface area contributed by atoms with Crippen molar-refractivity contribution < 1.29 is 9.30 Å². The highest BCUT2D eigenvalue weighted by Crippen LogP contribution is 2.59. The number of ether oxygens (including phenoxy) is 1. The standard InChI is InChI=1S/C9H12Cl2NO2P/c1-12(15(10,11)13)7-8-3-5-9(14-2)6-4-8/h3-6H,7H2,1-2H3. The highest BCUT2D eigenvalue weighted by Gasteiger charge is 2.20. The zero-order valence-corrected chi connectivity index (χ0v) is 10.9. The number of hydrogen-bond donors (Lipinski definition) is 0. The fourth-order valence-corrected chi connectivity index (χ4v) is 1.73. The second-order valence-electron chi connectivity index (χ2n) is 3.10. The van der Waals surface area contributed by atoms with Gasteiger partial charge in [-0.25, -0.2) is 4.67 Å². The zero-order chi connectivity index (χ0) is 11.5. The van der Waals surface area contributed by atoms with E-state index in [1.54, 1.807) is 14.2 Å². The molecule has 0 spiro atoms. The summed E-state index contributed by atoms with van der Waals surface area (Å²) in [6.45, 7) is 0.439. The first-order valence-corrected chi connectivity index (χ1v) is 7.74. The van der Waals surface area contributed by atoms with Crippen molar-refractivity contribution in [1.82, 2.24) is 4.67 Å². The van der Waals surface area contributed by atoms with Crippen LogP contribution >= 0.6 is 28.5 Å². The minimum absolute atomic E-state index is 0.439. The third-order valence-electron chi connectivity index (χ3n) is 1.97. The van der Waals surface area contributed by atoms with Crippen molar-refractivity contribution in [3.05, 3.63) is 29.8 Å². The van der Waals surface area contributed by atoms with E-state index in [0.717, 1.165) is 11.3 Å². The van der Waals surface area contributed by atoms with Crippen molar-refractivity contribution in [1.29, 1.82) is 0 Å². The maximum Gasteiger partial charge on any atom is 0.322 e. The van der Waals surface area contributed by atoms with Crippen LogP contribution in [0.15, 0.2) is 24.3 Å². The van der Waals surface area contributed by atoms with E-state index in [0.29, 0.717) is 6.54 Å². The third kappa shape index (κ3) is 4.04. The Labute approximate surface area is 98.9 Å². The smallest absolute Gasteiger partial charge is 0.322 e. The molecule has 1 rings (SSSR count). The van der Waals surface area contributed by atoms with Gasteiger partial charge in [0.1, 0.15) is 5.75 Å². The average molecular weight is 268 g/mol. The summed E-state index contributed by atoms with van der Waals surface area (Å²) in [5.41, 5.74) is 0.972. The summed E-state index contributed by atoms with van der Waals surface area (Å²) in [4.78, 5) is 0. The molecule has 0 saturated carbocycles. The molecule has 0 saturated heterocycles. The van der Waals surface area contributed by atoms with Crippen LogP contribution in [0, 0.1) is 0 Å². The summed E-state index contributed by atoms with van der Waals surface area (Å²) >= 11 is 11.0. The Morgan fingerprint density at radius 1 is 1.33 bits per heavy atom. The van der Waals surface area contributed by atoms with Crippen LogP contribution < -0.4 is 4.74 Å². The number of nitrogens with zero attached hydrogens (tertiary/aromatic N) is 1. The van der Waals surface area contributed by atoms with Crippen molar-refractivity contribution in [2.75, 3.05) is 14.2 Å².